The molecule has 22 heavy (non-hydrogen) atoms. The largest absolute Gasteiger partial charge is 0.311 e. The van der Waals surface area contributed by atoms with Crippen molar-refractivity contribution in [2.75, 3.05) is 4.90 Å². The molecule has 0 radical (unpaired) electrons. The summed E-state index contributed by atoms with van der Waals surface area (Å²) < 4.78 is 0. The molecule has 0 amide bonds. The fourth-order valence-electron chi connectivity index (χ4n) is 2.31. The first-order valence-corrected chi connectivity index (χ1v) is 7.71. The third-order valence-corrected chi connectivity index (χ3v) is 3.29. The predicted molar refractivity (Wildman–Crippen MR) is 97.6 cm³/mol. The van der Waals surface area contributed by atoms with Gasteiger partial charge in [0.05, 0.1) is 0 Å². The third kappa shape index (κ3) is 4.23. The Kier molecular flexibility index (Phi) is 6.25. The zero-order valence-electron chi connectivity index (χ0n) is 13.3. The second-order valence-corrected chi connectivity index (χ2v) is 4.95. The van der Waals surface area contributed by atoms with Crippen molar-refractivity contribution >= 4 is 5.69 Å². The SMILES string of the molecule is C\C=C/C(=C\C=C\C)N(C1=CC=CCC=C1)c1ccccc1. The molecular formula is C21H23N. The molecule has 0 aliphatic heterocycles. The van der Waals surface area contributed by atoms with Gasteiger partial charge < -0.3 is 4.90 Å². The number of para-hydroxylation sites is 1. The molecule has 112 valence electrons. The van der Waals surface area contributed by atoms with Gasteiger partial charge in [0.2, 0.25) is 0 Å². The highest BCUT2D eigenvalue weighted by Crippen LogP contribution is 2.26. The standard InChI is InChI=1S/C21H23N/c1-3-5-14-19(13-4-2)22(21-17-11-8-12-18-21)20-15-9-6-7-10-16-20/h3-6,8-18H,7H2,1-2H3/b5-3+,13-4-,19-14+. The van der Waals surface area contributed by atoms with E-state index in [4.69, 9.17) is 0 Å². The molecule has 1 heteroatoms. The van der Waals surface area contributed by atoms with Gasteiger partial charge in [-0.2, -0.15) is 0 Å². The summed E-state index contributed by atoms with van der Waals surface area (Å²) in [5.41, 5.74) is 3.45. The fourth-order valence-corrected chi connectivity index (χ4v) is 2.31. The highest BCUT2D eigenvalue weighted by molar-refractivity contribution is 5.63. The summed E-state index contributed by atoms with van der Waals surface area (Å²) in [5, 5.41) is 0. The molecular weight excluding hydrogens is 266 g/mol. The maximum absolute atomic E-state index is 2.27. The van der Waals surface area contributed by atoms with Crippen LogP contribution >= 0.6 is 0 Å². The Bertz CT molecular complexity index is 640. The maximum Gasteiger partial charge on any atom is 0.0461 e. The number of allylic oxidation sites excluding steroid dienone is 10. The van der Waals surface area contributed by atoms with E-state index >= 15 is 0 Å². The van der Waals surface area contributed by atoms with E-state index in [9.17, 15) is 0 Å². The molecule has 1 aliphatic carbocycles. The molecule has 0 atom stereocenters. The van der Waals surface area contributed by atoms with Gasteiger partial charge in [-0.25, -0.2) is 0 Å². The summed E-state index contributed by atoms with van der Waals surface area (Å²) in [6.45, 7) is 4.08. The lowest BCUT2D eigenvalue weighted by molar-refractivity contribution is 1.14. The van der Waals surface area contributed by atoms with Crippen molar-refractivity contribution < 1.29 is 0 Å². The van der Waals surface area contributed by atoms with E-state index in [1.165, 1.54) is 0 Å². The number of hydrogen-bond acceptors (Lipinski definition) is 1. The number of nitrogens with zero attached hydrogens (tertiary/aromatic N) is 1. The monoisotopic (exact) mass is 289 g/mol. The van der Waals surface area contributed by atoms with Gasteiger partial charge in [0.15, 0.2) is 0 Å². The Morgan fingerprint density at radius 3 is 2.59 bits per heavy atom. The zero-order valence-corrected chi connectivity index (χ0v) is 13.3. The van der Waals surface area contributed by atoms with Crippen LogP contribution in [0.3, 0.4) is 0 Å². The second-order valence-electron chi connectivity index (χ2n) is 4.95. The molecule has 0 aromatic heterocycles. The number of rotatable bonds is 5. The van der Waals surface area contributed by atoms with Crippen LogP contribution in [0.4, 0.5) is 5.69 Å². The van der Waals surface area contributed by atoms with E-state index in [0.29, 0.717) is 0 Å². The van der Waals surface area contributed by atoms with Crippen LogP contribution in [0, 0.1) is 0 Å². The Morgan fingerprint density at radius 2 is 1.86 bits per heavy atom. The smallest absolute Gasteiger partial charge is 0.0461 e. The fraction of sp³-hybridized carbons (Fsp3) is 0.143. The van der Waals surface area contributed by atoms with Gasteiger partial charge in [0.1, 0.15) is 0 Å². The zero-order chi connectivity index (χ0) is 15.6. The lowest BCUT2D eigenvalue weighted by Crippen LogP contribution is -2.19. The van der Waals surface area contributed by atoms with Gasteiger partial charge in [0.25, 0.3) is 0 Å². The minimum atomic E-state index is 0.972. The van der Waals surface area contributed by atoms with Crippen molar-refractivity contribution in [3.63, 3.8) is 0 Å². The molecule has 1 nitrogen and oxygen atoms in total. The van der Waals surface area contributed by atoms with Crippen LogP contribution in [0.1, 0.15) is 20.3 Å². The summed E-state index contributed by atoms with van der Waals surface area (Å²) >= 11 is 0. The highest BCUT2D eigenvalue weighted by atomic mass is 15.1. The molecule has 1 aliphatic rings. The van der Waals surface area contributed by atoms with E-state index in [1.54, 1.807) is 0 Å². The van der Waals surface area contributed by atoms with E-state index in [0.717, 1.165) is 23.5 Å². The molecule has 0 N–H and O–H groups in total. The normalized spacial score (nSPS) is 15.4. The molecule has 0 unspecified atom stereocenters. The Labute approximate surface area is 134 Å². The number of anilines is 1. The lowest BCUT2D eigenvalue weighted by atomic mass is 10.2. The van der Waals surface area contributed by atoms with Crippen LogP contribution in [0.15, 0.2) is 102 Å². The van der Waals surface area contributed by atoms with Gasteiger partial charge in [-0.15, -0.1) is 0 Å². The van der Waals surface area contributed by atoms with Gasteiger partial charge in [-0.1, -0.05) is 54.7 Å². The molecule has 0 heterocycles. The Balaban J connectivity index is 2.54. The molecule has 0 saturated heterocycles. The summed E-state index contributed by atoms with van der Waals surface area (Å²) in [6, 6.07) is 10.5. The van der Waals surface area contributed by atoms with E-state index in [1.807, 2.05) is 26.0 Å². The second kappa shape index (κ2) is 8.68. The van der Waals surface area contributed by atoms with Crippen molar-refractivity contribution in [2.45, 2.75) is 20.3 Å². The number of hydrogen-bond donors (Lipinski definition) is 0. The van der Waals surface area contributed by atoms with Crippen LogP contribution in [0.25, 0.3) is 0 Å². The van der Waals surface area contributed by atoms with Crippen LogP contribution in [-0.2, 0) is 0 Å². The van der Waals surface area contributed by atoms with E-state index in [-0.39, 0.29) is 0 Å². The molecule has 0 saturated carbocycles. The molecule has 1 aromatic carbocycles. The topological polar surface area (TPSA) is 3.24 Å². The van der Waals surface area contributed by atoms with Crippen LogP contribution in [0.2, 0.25) is 0 Å². The maximum atomic E-state index is 2.27. The lowest BCUT2D eigenvalue weighted by Gasteiger charge is -2.27. The molecule has 0 spiro atoms. The van der Waals surface area contributed by atoms with E-state index < -0.39 is 0 Å². The minimum Gasteiger partial charge on any atom is -0.311 e. The van der Waals surface area contributed by atoms with Gasteiger partial charge in [-0.05, 0) is 56.7 Å². The highest BCUT2D eigenvalue weighted by Gasteiger charge is 2.13. The minimum absolute atomic E-state index is 0.972. The third-order valence-electron chi connectivity index (χ3n) is 3.29. The van der Waals surface area contributed by atoms with E-state index in [2.05, 4.69) is 83.8 Å². The summed E-state index contributed by atoms with van der Waals surface area (Å²) in [4.78, 5) is 2.27. The van der Waals surface area contributed by atoms with Crippen LogP contribution < -0.4 is 4.90 Å². The Hall–Kier alpha value is -2.54. The number of benzene rings is 1. The van der Waals surface area contributed by atoms with Crippen molar-refractivity contribution in [3.8, 4) is 0 Å². The quantitative estimate of drug-likeness (QED) is 0.607. The van der Waals surface area contributed by atoms with Crippen molar-refractivity contribution in [3.05, 3.63) is 102 Å². The average molecular weight is 289 g/mol. The summed E-state index contributed by atoms with van der Waals surface area (Å²) in [5.74, 6) is 0. The first-order valence-electron chi connectivity index (χ1n) is 7.71. The molecule has 2 rings (SSSR count). The van der Waals surface area contributed by atoms with Gasteiger partial charge in [-0.3, -0.25) is 0 Å². The van der Waals surface area contributed by atoms with Crippen molar-refractivity contribution in [2.24, 2.45) is 0 Å². The summed E-state index contributed by atoms with van der Waals surface area (Å²) in [6.07, 6.45) is 22.2. The predicted octanol–water partition coefficient (Wildman–Crippen LogP) is 5.93. The van der Waals surface area contributed by atoms with Gasteiger partial charge >= 0.3 is 0 Å². The van der Waals surface area contributed by atoms with Crippen LogP contribution in [-0.4, -0.2) is 0 Å². The first kappa shape index (κ1) is 15.8. The van der Waals surface area contributed by atoms with Crippen molar-refractivity contribution in [1.29, 1.82) is 0 Å². The van der Waals surface area contributed by atoms with Crippen LogP contribution in [0.5, 0.6) is 0 Å². The summed E-state index contributed by atoms with van der Waals surface area (Å²) in [7, 11) is 0. The molecule has 0 fully saturated rings. The average Bonchev–Trinajstić information content (AvgIpc) is 2.83. The Morgan fingerprint density at radius 1 is 1.05 bits per heavy atom. The first-order chi connectivity index (χ1) is 10.9. The van der Waals surface area contributed by atoms with Gasteiger partial charge in [0, 0.05) is 17.1 Å². The molecule has 0 bridgehead atoms. The molecule has 1 aromatic rings. The van der Waals surface area contributed by atoms with Crippen molar-refractivity contribution in [1.82, 2.24) is 0 Å².